The maximum absolute atomic E-state index is 6.18. The number of halogens is 2. The van der Waals surface area contributed by atoms with Gasteiger partial charge in [-0.3, -0.25) is 0 Å². The fourth-order valence-corrected chi connectivity index (χ4v) is 3.74. The largest absolute Gasteiger partial charge is 0.332 e. The summed E-state index contributed by atoms with van der Waals surface area (Å²) in [5.41, 5.74) is 1.63. The zero-order valence-electron chi connectivity index (χ0n) is 13.0. The van der Waals surface area contributed by atoms with Gasteiger partial charge in [0.15, 0.2) is 5.11 Å². The highest BCUT2D eigenvalue weighted by Gasteiger charge is 2.08. The molecule has 0 heterocycles. The molecule has 3 rings (SSSR count). The number of hydrogen-bond donors (Lipinski definition) is 2. The Kier molecular flexibility index (Phi) is 6.21. The smallest absolute Gasteiger partial charge is 0.175 e. The van der Waals surface area contributed by atoms with Crippen molar-refractivity contribution < 1.29 is 0 Å². The molecule has 2 nitrogen and oxygen atoms in total. The highest BCUT2D eigenvalue weighted by Crippen LogP contribution is 2.33. The topological polar surface area (TPSA) is 24.1 Å². The Labute approximate surface area is 166 Å². The molecule has 6 heteroatoms. The average Bonchev–Trinajstić information content (AvgIpc) is 2.60. The molecule has 0 saturated carbocycles. The van der Waals surface area contributed by atoms with Crippen LogP contribution in [-0.2, 0) is 0 Å². The molecule has 0 bridgehead atoms. The molecular formula is C19H14Cl2N2S2. The van der Waals surface area contributed by atoms with E-state index in [2.05, 4.69) is 28.8 Å². The van der Waals surface area contributed by atoms with Gasteiger partial charge in [-0.15, -0.1) is 0 Å². The van der Waals surface area contributed by atoms with E-state index in [9.17, 15) is 0 Å². The van der Waals surface area contributed by atoms with Crippen LogP contribution in [0.1, 0.15) is 0 Å². The van der Waals surface area contributed by atoms with Crippen molar-refractivity contribution in [1.82, 2.24) is 0 Å². The Bertz CT molecular complexity index is 886. The van der Waals surface area contributed by atoms with Gasteiger partial charge >= 0.3 is 0 Å². The number of nitrogens with one attached hydrogen (secondary N) is 2. The number of thiocarbonyl (C=S) groups is 1. The first-order valence-electron chi connectivity index (χ1n) is 7.47. The summed E-state index contributed by atoms with van der Waals surface area (Å²) in [6.07, 6.45) is 0. The third kappa shape index (κ3) is 5.13. The standard InChI is InChI=1S/C19H14Cl2N2S2/c20-13-10-11-16(15(21)12-13)22-19(24)23-17-8-4-5-9-18(17)25-14-6-2-1-3-7-14/h1-12H,(H2,22,23,24). The van der Waals surface area contributed by atoms with Gasteiger partial charge in [-0.2, -0.15) is 0 Å². The molecule has 3 aromatic rings. The Morgan fingerprint density at radius 1 is 0.800 bits per heavy atom. The third-order valence-corrected chi connectivity index (χ3v) is 5.12. The molecule has 25 heavy (non-hydrogen) atoms. The van der Waals surface area contributed by atoms with Crippen molar-refractivity contribution in [2.75, 3.05) is 10.6 Å². The molecule has 0 aliphatic heterocycles. The predicted molar refractivity (Wildman–Crippen MR) is 113 cm³/mol. The molecule has 0 atom stereocenters. The number of benzene rings is 3. The SMILES string of the molecule is S=C(Nc1ccc(Cl)cc1Cl)Nc1ccccc1Sc1ccccc1. The second-order valence-corrected chi connectivity index (χ2v) is 7.48. The van der Waals surface area contributed by atoms with Crippen LogP contribution in [0, 0.1) is 0 Å². The zero-order chi connectivity index (χ0) is 17.6. The van der Waals surface area contributed by atoms with Crippen LogP contribution < -0.4 is 10.6 Å². The minimum atomic E-state index is 0.463. The van der Waals surface area contributed by atoms with Gasteiger partial charge in [0.2, 0.25) is 0 Å². The lowest BCUT2D eigenvalue weighted by Gasteiger charge is -2.14. The van der Waals surface area contributed by atoms with E-state index in [4.69, 9.17) is 35.4 Å². The van der Waals surface area contributed by atoms with E-state index >= 15 is 0 Å². The Hall–Kier alpha value is -1.72. The van der Waals surface area contributed by atoms with Gasteiger partial charge in [-0.25, -0.2) is 0 Å². The summed E-state index contributed by atoms with van der Waals surface area (Å²) in [5.74, 6) is 0. The molecule has 0 aliphatic rings. The van der Waals surface area contributed by atoms with Crippen molar-refractivity contribution in [2.45, 2.75) is 9.79 Å². The van der Waals surface area contributed by atoms with Crippen LogP contribution in [0.3, 0.4) is 0 Å². The Morgan fingerprint density at radius 2 is 1.48 bits per heavy atom. The van der Waals surface area contributed by atoms with Gasteiger partial charge in [0.05, 0.1) is 16.4 Å². The van der Waals surface area contributed by atoms with Gasteiger partial charge in [0.1, 0.15) is 0 Å². The number of hydrogen-bond acceptors (Lipinski definition) is 2. The van der Waals surface area contributed by atoms with Gasteiger partial charge in [0.25, 0.3) is 0 Å². The minimum absolute atomic E-state index is 0.463. The van der Waals surface area contributed by atoms with Crippen LogP contribution in [0.25, 0.3) is 0 Å². The summed E-state index contributed by atoms with van der Waals surface area (Å²) in [6.45, 7) is 0. The molecular weight excluding hydrogens is 391 g/mol. The molecule has 2 N–H and O–H groups in total. The van der Waals surface area contributed by atoms with Crippen molar-refractivity contribution in [3.05, 3.63) is 82.8 Å². The first-order valence-corrected chi connectivity index (χ1v) is 9.45. The Morgan fingerprint density at radius 3 is 2.24 bits per heavy atom. The highest BCUT2D eigenvalue weighted by atomic mass is 35.5. The second kappa shape index (κ2) is 8.59. The van der Waals surface area contributed by atoms with Crippen molar-refractivity contribution >= 4 is 63.7 Å². The van der Waals surface area contributed by atoms with Crippen molar-refractivity contribution in [3.8, 4) is 0 Å². The summed E-state index contributed by atoms with van der Waals surface area (Å²) in [6, 6.07) is 23.4. The van der Waals surface area contributed by atoms with Gasteiger partial charge in [-0.1, -0.05) is 65.3 Å². The van der Waals surface area contributed by atoms with E-state index in [1.54, 1.807) is 30.0 Å². The molecule has 0 unspecified atom stereocenters. The van der Waals surface area contributed by atoms with Gasteiger partial charge in [0, 0.05) is 14.8 Å². The summed E-state index contributed by atoms with van der Waals surface area (Å²) in [4.78, 5) is 2.25. The molecule has 3 aromatic carbocycles. The molecule has 0 aromatic heterocycles. The van der Waals surface area contributed by atoms with Crippen molar-refractivity contribution in [3.63, 3.8) is 0 Å². The fourth-order valence-electron chi connectivity index (χ4n) is 2.14. The van der Waals surface area contributed by atoms with Crippen LogP contribution >= 0.6 is 47.2 Å². The van der Waals surface area contributed by atoms with E-state index in [1.165, 1.54) is 0 Å². The zero-order valence-corrected chi connectivity index (χ0v) is 16.1. The lowest BCUT2D eigenvalue weighted by atomic mass is 10.3. The molecule has 0 amide bonds. The molecule has 126 valence electrons. The maximum Gasteiger partial charge on any atom is 0.175 e. The van der Waals surface area contributed by atoms with Crippen LogP contribution in [0.15, 0.2) is 82.6 Å². The number of rotatable bonds is 4. The molecule has 0 saturated heterocycles. The van der Waals surface area contributed by atoms with E-state index in [0.29, 0.717) is 20.8 Å². The first-order chi connectivity index (χ1) is 12.1. The van der Waals surface area contributed by atoms with E-state index in [-0.39, 0.29) is 0 Å². The highest BCUT2D eigenvalue weighted by molar-refractivity contribution is 7.99. The number of para-hydroxylation sites is 1. The third-order valence-electron chi connectivity index (χ3n) is 3.29. The van der Waals surface area contributed by atoms with Crippen LogP contribution in [-0.4, -0.2) is 5.11 Å². The lowest BCUT2D eigenvalue weighted by Crippen LogP contribution is -2.19. The minimum Gasteiger partial charge on any atom is -0.332 e. The van der Waals surface area contributed by atoms with Crippen molar-refractivity contribution in [2.24, 2.45) is 0 Å². The summed E-state index contributed by atoms with van der Waals surface area (Å²) < 4.78 is 0. The fraction of sp³-hybridized carbons (Fsp3) is 0. The van der Waals surface area contributed by atoms with E-state index in [1.807, 2.05) is 36.4 Å². The van der Waals surface area contributed by atoms with Gasteiger partial charge < -0.3 is 10.6 Å². The van der Waals surface area contributed by atoms with Crippen molar-refractivity contribution in [1.29, 1.82) is 0 Å². The molecule has 0 spiro atoms. The maximum atomic E-state index is 6.18. The average molecular weight is 405 g/mol. The Balaban J connectivity index is 1.73. The first kappa shape index (κ1) is 18.1. The van der Waals surface area contributed by atoms with E-state index < -0.39 is 0 Å². The molecule has 0 radical (unpaired) electrons. The van der Waals surface area contributed by atoms with Crippen LogP contribution in [0.2, 0.25) is 10.0 Å². The second-order valence-electron chi connectivity index (χ2n) is 5.11. The summed E-state index contributed by atoms with van der Waals surface area (Å²) in [5, 5.41) is 7.89. The monoisotopic (exact) mass is 404 g/mol. The van der Waals surface area contributed by atoms with Gasteiger partial charge in [-0.05, 0) is 54.7 Å². The lowest BCUT2D eigenvalue weighted by molar-refractivity contribution is 1.40. The van der Waals surface area contributed by atoms with Crippen LogP contribution in [0.5, 0.6) is 0 Å². The molecule has 0 aliphatic carbocycles. The predicted octanol–water partition coefficient (Wildman–Crippen LogP) is 6.95. The van der Waals surface area contributed by atoms with E-state index in [0.717, 1.165) is 15.5 Å². The summed E-state index contributed by atoms with van der Waals surface area (Å²) >= 11 is 19.2. The number of anilines is 2. The quantitative estimate of drug-likeness (QED) is 0.459. The van der Waals surface area contributed by atoms with Crippen LogP contribution in [0.4, 0.5) is 11.4 Å². The normalized spacial score (nSPS) is 10.3. The summed E-state index contributed by atoms with van der Waals surface area (Å²) in [7, 11) is 0. The molecule has 0 fully saturated rings.